The van der Waals surface area contributed by atoms with Crippen LogP contribution in [0, 0.1) is 0 Å². The third kappa shape index (κ3) is 5.04. The first-order chi connectivity index (χ1) is 12.6. The molecule has 3 aromatic rings. The number of hydrogen-bond donors (Lipinski definition) is 1. The molecule has 2 aromatic carbocycles. The van der Waals surface area contributed by atoms with E-state index >= 15 is 0 Å². The number of benzene rings is 2. The second-order valence-electron chi connectivity index (χ2n) is 5.96. The summed E-state index contributed by atoms with van der Waals surface area (Å²) in [6.45, 7) is 3.96. The van der Waals surface area contributed by atoms with Crippen molar-refractivity contribution >= 4 is 28.5 Å². The van der Waals surface area contributed by atoms with Gasteiger partial charge in [0.15, 0.2) is 5.13 Å². The van der Waals surface area contributed by atoms with Crippen LogP contribution in [0.3, 0.4) is 0 Å². The fraction of sp³-hybridized carbons (Fsp3) is 0.143. The van der Waals surface area contributed by atoms with Crippen LogP contribution in [0.15, 0.2) is 66.9 Å². The second-order valence-corrected chi connectivity index (χ2v) is 6.99. The van der Waals surface area contributed by atoms with Gasteiger partial charge in [0.25, 0.3) is 0 Å². The van der Waals surface area contributed by atoms with Crippen LogP contribution in [0.1, 0.15) is 19.4 Å². The Hall–Kier alpha value is -2.92. The highest BCUT2D eigenvalue weighted by atomic mass is 32.1. The molecule has 4 nitrogen and oxygen atoms in total. The van der Waals surface area contributed by atoms with Crippen molar-refractivity contribution in [2.75, 3.05) is 5.32 Å². The summed E-state index contributed by atoms with van der Waals surface area (Å²) in [5.41, 5.74) is 1.99. The summed E-state index contributed by atoms with van der Waals surface area (Å²) >= 11 is 1.45. The molecule has 0 aliphatic heterocycles. The van der Waals surface area contributed by atoms with Crippen LogP contribution in [0.25, 0.3) is 16.5 Å². The van der Waals surface area contributed by atoms with Crippen LogP contribution in [-0.2, 0) is 4.79 Å². The van der Waals surface area contributed by atoms with Crippen LogP contribution in [0.4, 0.5) is 5.13 Å². The smallest absolute Gasteiger partial charge is 0.250 e. The molecule has 1 aromatic heterocycles. The van der Waals surface area contributed by atoms with E-state index in [0.717, 1.165) is 21.8 Å². The Bertz CT molecular complexity index is 901. The normalized spacial score (nSPS) is 11.0. The average Bonchev–Trinajstić information content (AvgIpc) is 3.09. The number of nitrogens with zero attached hydrogens (tertiary/aromatic N) is 1. The molecule has 0 saturated carbocycles. The Morgan fingerprint density at radius 3 is 2.73 bits per heavy atom. The van der Waals surface area contributed by atoms with Crippen LogP contribution < -0.4 is 10.1 Å². The SMILES string of the molecule is CC(C)Oc1cccc(/C=C/C(=O)Nc2ncc(-c3ccccc3)s2)c1. The summed E-state index contributed by atoms with van der Waals surface area (Å²) in [7, 11) is 0. The number of anilines is 1. The summed E-state index contributed by atoms with van der Waals surface area (Å²) in [5.74, 6) is 0.573. The first-order valence-electron chi connectivity index (χ1n) is 8.37. The first-order valence-corrected chi connectivity index (χ1v) is 9.19. The molecule has 26 heavy (non-hydrogen) atoms. The van der Waals surface area contributed by atoms with Gasteiger partial charge >= 0.3 is 0 Å². The number of rotatable bonds is 6. The van der Waals surface area contributed by atoms with Gasteiger partial charge in [-0.3, -0.25) is 10.1 Å². The lowest BCUT2D eigenvalue weighted by molar-refractivity contribution is -0.111. The van der Waals surface area contributed by atoms with E-state index in [1.165, 1.54) is 17.4 Å². The average molecular weight is 364 g/mol. The van der Waals surface area contributed by atoms with Crippen molar-refractivity contribution in [3.63, 3.8) is 0 Å². The van der Waals surface area contributed by atoms with Crippen LogP contribution in [0.5, 0.6) is 5.75 Å². The van der Waals surface area contributed by atoms with E-state index in [9.17, 15) is 4.79 Å². The van der Waals surface area contributed by atoms with Crippen LogP contribution in [0.2, 0.25) is 0 Å². The number of nitrogens with one attached hydrogen (secondary N) is 1. The maximum atomic E-state index is 12.1. The molecule has 132 valence electrons. The second kappa shape index (κ2) is 8.45. The maximum Gasteiger partial charge on any atom is 0.250 e. The van der Waals surface area contributed by atoms with Gasteiger partial charge in [0, 0.05) is 12.3 Å². The van der Waals surface area contributed by atoms with Crippen molar-refractivity contribution in [2.24, 2.45) is 0 Å². The van der Waals surface area contributed by atoms with Gasteiger partial charge < -0.3 is 4.74 Å². The van der Waals surface area contributed by atoms with Crippen molar-refractivity contribution in [1.82, 2.24) is 4.98 Å². The highest BCUT2D eigenvalue weighted by Crippen LogP contribution is 2.28. The molecule has 0 atom stereocenters. The number of amides is 1. The Morgan fingerprint density at radius 2 is 1.96 bits per heavy atom. The molecular weight excluding hydrogens is 344 g/mol. The van der Waals surface area contributed by atoms with E-state index in [0.29, 0.717) is 5.13 Å². The first kappa shape index (κ1) is 17.9. The molecule has 0 saturated heterocycles. The van der Waals surface area contributed by atoms with E-state index in [1.807, 2.05) is 68.4 Å². The van der Waals surface area contributed by atoms with E-state index in [1.54, 1.807) is 12.3 Å². The largest absolute Gasteiger partial charge is 0.491 e. The van der Waals surface area contributed by atoms with Gasteiger partial charge in [-0.15, -0.1) is 0 Å². The van der Waals surface area contributed by atoms with Crippen molar-refractivity contribution in [2.45, 2.75) is 20.0 Å². The van der Waals surface area contributed by atoms with Crippen molar-refractivity contribution in [3.05, 3.63) is 72.4 Å². The molecule has 0 unspecified atom stereocenters. The lowest BCUT2D eigenvalue weighted by atomic mass is 10.2. The minimum Gasteiger partial charge on any atom is -0.491 e. The topological polar surface area (TPSA) is 51.2 Å². The number of aromatic nitrogens is 1. The zero-order valence-corrected chi connectivity index (χ0v) is 15.5. The lowest BCUT2D eigenvalue weighted by Gasteiger charge is -2.09. The molecule has 0 fully saturated rings. The Kier molecular flexibility index (Phi) is 5.81. The van der Waals surface area contributed by atoms with Crippen molar-refractivity contribution < 1.29 is 9.53 Å². The number of carbonyl (C=O) groups excluding carboxylic acids is 1. The standard InChI is InChI=1S/C21H20N2O2S/c1-15(2)25-18-10-6-7-16(13-18)11-12-20(24)23-21-22-14-19(26-21)17-8-4-3-5-9-17/h3-15H,1-2H3,(H,22,23,24)/b12-11+. The van der Waals surface area contributed by atoms with Crippen molar-refractivity contribution in [3.8, 4) is 16.2 Å². The highest BCUT2D eigenvalue weighted by Gasteiger charge is 2.06. The third-order valence-corrected chi connectivity index (χ3v) is 4.41. The molecule has 5 heteroatoms. The molecule has 1 N–H and O–H groups in total. The van der Waals surface area contributed by atoms with Gasteiger partial charge in [0.1, 0.15) is 5.75 Å². The summed E-state index contributed by atoms with van der Waals surface area (Å²) < 4.78 is 5.66. The highest BCUT2D eigenvalue weighted by molar-refractivity contribution is 7.19. The lowest BCUT2D eigenvalue weighted by Crippen LogP contribution is -2.07. The van der Waals surface area contributed by atoms with Crippen molar-refractivity contribution in [1.29, 1.82) is 0 Å². The molecule has 0 radical (unpaired) electrons. The fourth-order valence-corrected chi connectivity index (χ4v) is 3.18. The number of thiazole rings is 1. The summed E-state index contributed by atoms with van der Waals surface area (Å²) in [5, 5.41) is 3.38. The molecule has 0 aliphatic carbocycles. The fourth-order valence-electron chi connectivity index (χ4n) is 2.35. The van der Waals surface area contributed by atoms with Gasteiger partial charge in [-0.2, -0.15) is 0 Å². The maximum absolute atomic E-state index is 12.1. The Morgan fingerprint density at radius 1 is 1.15 bits per heavy atom. The Balaban J connectivity index is 1.62. The molecular formula is C21H20N2O2S. The minimum atomic E-state index is -0.214. The minimum absolute atomic E-state index is 0.112. The zero-order chi connectivity index (χ0) is 18.4. The monoisotopic (exact) mass is 364 g/mol. The number of ether oxygens (including phenoxy) is 1. The number of hydrogen-bond acceptors (Lipinski definition) is 4. The molecule has 3 rings (SSSR count). The predicted molar refractivity (Wildman–Crippen MR) is 107 cm³/mol. The molecule has 1 heterocycles. The van der Waals surface area contributed by atoms with E-state index in [-0.39, 0.29) is 12.0 Å². The van der Waals surface area contributed by atoms with Gasteiger partial charge in [0.05, 0.1) is 11.0 Å². The number of carbonyl (C=O) groups is 1. The Labute approximate surface area is 157 Å². The van der Waals surface area contributed by atoms with Gasteiger partial charge in [-0.05, 0) is 43.2 Å². The molecule has 1 amide bonds. The van der Waals surface area contributed by atoms with E-state index in [4.69, 9.17) is 4.74 Å². The van der Waals surface area contributed by atoms with Crippen LogP contribution in [-0.4, -0.2) is 17.0 Å². The van der Waals surface area contributed by atoms with Crippen LogP contribution >= 0.6 is 11.3 Å². The molecule has 0 spiro atoms. The zero-order valence-electron chi connectivity index (χ0n) is 14.7. The summed E-state index contributed by atoms with van der Waals surface area (Å²) in [6, 6.07) is 17.6. The predicted octanol–water partition coefficient (Wildman–Crippen LogP) is 5.25. The third-order valence-electron chi connectivity index (χ3n) is 3.45. The quantitative estimate of drug-likeness (QED) is 0.608. The summed E-state index contributed by atoms with van der Waals surface area (Å²) in [6.07, 6.45) is 5.14. The molecule has 0 bridgehead atoms. The van der Waals surface area contributed by atoms with Gasteiger partial charge in [-0.25, -0.2) is 4.98 Å². The van der Waals surface area contributed by atoms with E-state index in [2.05, 4.69) is 10.3 Å². The van der Waals surface area contributed by atoms with Gasteiger partial charge in [-0.1, -0.05) is 53.8 Å². The van der Waals surface area contributed by atoms with E-state index < -0.39 is 0 Å². The van der Waals surface area contributed by atoms with Gasteiger partial charge in [0.2, 0.25) is 5.91 Å². The molecule has 0 aliphatic rings. The summed E-state index contributed by atoms with van der Waals surface area (Å²) in [4.78, 5) is 17.4.